The predicted molar refractivity (Wildman–Crippen MR) is 101 cm³/mol. The summed E-state index contributed by atoms with van der Waals surface area (Å²) in [6, 6.07) is 0. The van der Waals surface area contributed by atoms with Gasteiger partial charge in [-0.3, -0.25) is 4.79 Å². The van der Waals surface area contributed by atoms with Crippen molar-refractivity contribution in [3.8, 4) is 0 Å². The van der Waals surface area contributed by atoms with Crippen LogP contribution in [-0.2, 0) is 23.8 Å². The van der Waals surface area contributed by atoms with E-state index < -0.39 is 42.5 Å². The van der Waals surface area contributed by atoms with Crippen molar-refractivity contribution in [3.63, 3.8) is 0 Å². The van der Waals surface area contributed by atoms with Gasteiger partial charge in [-0.25, -0.2) is 4.79 Å². The van der Waals surface area contributed by atoms with Crippen molar-refractivity contribution in [2.45, 2.75) is 43.9 Å². The molecule has 0 saturated carbocycles. The summed E-state index contributed by atoms with van der Waals surface area (Å²) in [5.74, 6) is -1.27. The fraction of sp³-hybridized carbons (Fsp3) is 0.778. The number of nitrogens with zero attached hydrogens (tertiary/aromatic N) is 1. The molecular formula is C18H33NO10. The molecule has 0 spiro atoms. The van der Waals surface area contributed by atoms with Crippen LogP contribution in [0.4, 0.5) is 0 Å². The van der Waals surface area contributed by atoms with Crippen molar-refractivity contribution in [3.05, 3.63) is 12.2 Å². The van der Waals surface area contributed by atoms with Gasteiger partial charge < -0.3 is 44.6 Å². The number of hydrogen-bond donors (Lipinski definition) is 5. The van der Waals surface area contributed by atoms with Crippen LogP contribution in [0.15, 0.2) is 12.2 Å². The quantitative estimate of drug-likeness (QED) is 0.139. The first kappa shape index (κ1) is 27.4. The number of esters is 2. The molecule has 0 amide bonds. The molecule has 5 unspecified atom stereocenters. The molecule has 0 heterocycles. The third kappa shape index (κ3) is 11.9. The Labute approximate surface area is 170 Å². The van der Waals surface area contributed by atoms with E-state index in [1.165, 1.54) is 18.9 Å². The fourth-order valence-corrected chi connectivity index (χ4v) is 2.13. The summed E-state index contributed by atoms with van der Waals surface area (Å²) in [5.41, 5.74) is 0.185. The zero-order valence-corrected chi connectivity index (χ0v) is 17.1. The lowest BCUT2D eigenvalue weighted by molar-refractivity contribution is -0.150. The van der Waals surface area contributed by atoms with Gasteiger partial charge in [-0.05, 0) is 14.0 Å². The molecule has 0 bridgehead atoms. The minimum absolute atomic E-state index is 0.0631. The largest absolute Gasteiger partial charge is 0.463 e. The summed E-state index contributed by atoms with van der Waals surface area (Å²) < 4.78 is 14.3. The van der Waals surface area contributed by atoms with E-state index in [-0.39, 0.29) is 44.9 Å². The molecule has 170 valence electrons. The maximum absolute atomic E-state index is 11.7. The molecule has 5 atom stereocenters. The number of likely N-dealkylation sites (N-methyl/N-ethyl adjacent to an activating group) is 1. The number of carbonyl (C=O) groups excluding carboxylic acids is 2. The maximum Gasteiger partial charge on any atom is 0.333 e. The molecule has 0 aromatic rings. The minimum atomic E-state index is -1.60. The predicted octanol–water partition coefficient (Wildman–Crippen LogP) is -2.58. The maximum atomic E-state index is 11.7. The van der Waals surface area contributed by atoms with Gasteiger partial charge in [-0.15, -0.1) is 0 Å². The highest BCUT2D eigenvalue weighted by molar-refractivity contribution is 5.86. The summed E-state index contributed by atoms with van der Waals surface area (Å²) >= 11 is 0. The molecule has 11 nitrogen and oxygen atoms in total. The number of carbonyl (C=O) groups is 2. The molecule has 0 aliphatic carbocycles. The number of methoxy groups -OCH3 is 1. The lowest BCUT2D eigenvalue weighted by Crippen LogP contribution is -2.49. The summed E-state index contributed by atoms with van der Waals surface area (Å²) in [6.07, 6.45) is -7.16. The topological polar surface area (TPSA) is 166 Å². The minimum Gasteiger partial charge on any atom is -0.463 e. The molecule has 0 fully saturated rings. The van der Waals surface area contributed by atoms with Crippen LogP contribution in [0.25, 0.3) is 0 Å². The van der Waals surface area contributed by atoms with Gasteiger partial charge in [0.2, 0.25) is 0 Å². The van der Waals surface area contributed by atoms with Crippen molar-refractivity contribution in [2.24, 2.45) is 0 Å². The molecule has 5 N–H and O–H groups in total. The molecule has 0 aliphatic heterocycles. The third-order valence-electron chi connectivity index (χ3n) is 3.86. The monoisotopic (exact) mass is 423 g/mol. The van der Waals surface area contributed by atoms with Crippen LogP contribution in [0.2, 0.25) is 0 Å². The van der Waals surface area contributed by atoms with E-state index in [0.717, 1.165) is 0 Å². The van der Waals surface area contributed by atoms with E-state index in [4.69, 9.17) is 9.47 Å². The summed E-state index contributed by atoms with van der Waals surface area (Å²) in [6.45, 7) is 4.06. The van der Waals surface area contributed by atoms with Gasteiger partial charge in [-0.1, -0.05) is 6.58 Å². The lowest BCUT2D eigenvalue weighted by Gasteiger charge is -2.28. The second kappa shape index (κ2) is 14.4. The van der Waals surface area contributed by atoms with Crippen LogP contribution in [-0.4, -0.2) is 120 Å². The van der Waals surface area contributed by atoms with Gasteiger partial charge in [0, 0.05) is 25.8 Å². The second-order valence-corrected chi connectivity index (χ2v) is 6.80. The van der Waals surface area contributed by atoms with E-state index in [1.54, 1.807) is 7.05 Å². The van der Waals surface area contributed by atoms with Crippen molar-refractivity contribution in [1.29, 1.82) is 0 Å². The smallest absolute Gasteiger partial charge is 0.333 e. The lowest BCUT2D eigenvalue weighted by atomic mass is 10.0. The third-order valence-corrected chi connectivity index (χ3v) is 3.86. The van der Waals surface area contributed by atoms with Crippen LogP contribution in [0, 0.1) is 0 Å². The normalized spacial score (nSPS) is 16.6. The molecule has 11 heteroatoms. The number of aliphatic hydroxyl groups excluding tert-OH is 5. The highest BCUT2D eigenvalue weighted by Crippen LogP contribution is 2.07. The Bertz CT molecular complexity index is 515. The molecule has 0 radical (unpaired) electrons. The molecule has 0 saturated heterocycles. The van der Waals surface area contributed by atoms with Crippen LogP contribution < -0.4 is 0 Å². The first-order chi connectivity index (χ1) is 13.5. The number of aliphatic hydroxyl groups is 5. The van der Waals surface area contributed by atoms with Crippen LogP contribution in [0.1, 0.15) is 13.3 Å². The van der Waals surface area contributed by atoms with Crippen LogP contribution in [0.5, 0.6) is 0 Å². The summed E-state index contributed by atoms with van der Waals surface area (Å²) in [7, 11) is 2.90. The molecule has 0 aromatic heterocycles. The second-order valence-electron chi connectivity index (χ2n) is 6.80. The Morgan fingerprint density at radius 1 is 0.966 bits per heavy atom. The van der Waals surface area contributed by atoms with E-state index in [9.17, 15) is 35.1 Å². The van der Waals surface area contributed by atoms with E-state index in [1.807, 2.05) is 0 Å². The van der Waals surface area contributed by atoms with Gasteiger partial charge in [0.25, 0.3) is 0 Å². The van der Waals surface area contributed by atoms with E-state index >= 15 is 0 Å². The number of hydrogen-bond acceptors (Lipinski definition) is 11. The standard InChI is InChI=1S/C18H33NO10/c1-11(2)18(26)29-9-12(20)8-28-15(23)5-6-19(3)7-13(21)16(24)17(25)14(22)10-27-4/h12-14,16-17,20-22,24-25H,1,5-10H2,2-4H3. The van der Waals surface area contributed by atoms with Crippen molar-refractivity contribution < 1.29 is 49.3 Å². The Balaban J connectivity index is 4.14. The van der Waals surface area contributed by atoms with Crippen LogP contribution in [0.3, 0.4) is 0 Å². The first-order valence-electron chi connectivity index (χ1n) is 9.05. The Morgan fingerprint density at radius 3 is 2.07 bits per heavy atom. The average molecular weight is 423 g/mol. The molecule has 0 aromatic carbocycles. The Morgan fingerprint density at radius 2 is 1.52 bits per heavy atom. The average Bonchev–Trinajstić information content (AvgIpc) is 2.67. The fourth-order valence-electron chi connectivity index (χ4n) is 2.13. The molecular weight excluding hydrogens is 390 g/mol. The zero-order valence-electron chi connectivity index (χ0n) is 17.1. The van der Waals surface area contributed by atoms with E-state index in [0.29, 0.717) is 0 Å². The molecule has 0 rings (SSSR count). The number of ether oxygens (including phenoxy) is 3. The van der Waals surface area contributed by atoms with Gasteiger partial charge in [-0.2, -0.15) is 0 Å². The Hall–Kier alpha value is -1.60. The van der Waals surface area contributed by atoms with E-state index in [2.05, 4.69) is 11.3 Å². The van der Waals surface area contributed by atoms with Crippen molar-refractivity contribution in [1.82, 2.24) is 4.90 Å². The highest BCUT2D eigenvalue weighted by atomic mass is 16.6. The van der Waals surface area contributed by atoms with Gasteiger partial charge >= 0.3 is 11.9 Å². The van der Waals surface area contributed by atoms with Crippen LogP contribution >= 0.6 is 0 Å². The molecule has 0 aliphatic rings. The molecule has 29 heavy (non-hydrogen) atoms. The van der Waals surface area contributed by atoms with Crippen molar-refractivity contribution >= 4 is 11.9 Å². The van der Waals surface area contributed by atoms with Gasteiger partial charge in [0.05, 0.1) is 19.1 Å². The first-order valence-corrected chi connectivity index (χ1v) is 9.05. The number of rotatable bonds is 15. The van der Waals surface area contributed by atoms with Gasteiger partial charge in [0.15, 0.2) is 0 Å². The summed E-state index contributed by atoms with van der Waals surface area (Å²) in [4.78, 5) is 24.4. The zero-order chi connectivity index (χ0) is 22.6. The Kier molecular flexibility index (Phi) is 13.6. The SMILES string of the molecule is C=C(C)C(=O)OCC(O)COC(=O)CCN(C)CC(O)C(O)C(O)C(O)COC. The van der Waals surface area contributed by atoms with Crippen molar-refractivity contribution in [2.75, 3.05) is 47.1 Å². The highest BCUT2D eigenvalue weighted by Gasteiger charge is 2.30. The summed E-state index contributed by atoms with van der Waals surface area (Å²) in [5, 5.41) is 48.8. The van der Waals surface area contributed by atoms with Gasteiger partial charge in [0.1, 0.15) is 37.6 Å².